The molecule has 1 N–H and O–H groups in total. The molecule has 2 fully saturated rings. The molecule has 4 unspecified atom stereocenters. The molecule has 15 heavy (non-hydrogen) atoms. The first kappa shape index (κ1) is 11.4. The van der Waals surface area contributed by atoms with Gasteiger partial charge in [0.1, 0.15) is 0 Å². The van der Waals surface area contributed by atoms with Gasteiger partial charge in [0.15, 0.2) is 0 Å². The fourth-order valence-corrected chi connectivity index (χ4v) is 3.68. The highest BCUT2D eigenvalue weighted by atomic mass is 14.9. The first-order valence-corrected chi connectivity index (χ1v) is 6.78. The monoisotopic (exact) mass is 209 g/mol. The van der Waals surface area contributed by atoms with Gasteiger partial charge in [-0.2, -0.15) is 0 Å². The van der Waals surface area contributed by atoms with Gasteiger partial charge < -0.3 is 5.32 Å². The SMILES string of the molecule is CC1CCC2(CC2CNC(C)C)C(C)C1. The Balaban J connectivity index is 1.84. The number of rotatable bonds is 3. The zero-order valence-corrected chi connectivity index (χ0v) is 10.8. The quantitative estimate of drug-likeness (QED) is 0.750. The molecule has 2 rings (SSSR count). The Bertz CT molecular complexity index is 223. The van der Waals surface area contributed by atoms with E-state index >= 15 is 0 Å². The summed E-state index contributed by atoms with van der Waals surface area (Å²) >= 11 is 0. The van der Waals surface area contributed by atoms with Crippen LogP contribution >= 0.6 is 0 Å². The Labute approximate surface area is 95.0 Å². The topological polar surface area (TPSA) is 12.0 Å². The van der Waals surface area contributed by atoms with Crippen molar-refractivity contribution in [2.45, 2.75) is 59.4 Å². The van der Waals surface area contributed by atoms with Gasteiger partial charge in [0, 0.05) is 6.04 Å². The van der Waals surface area contributed by atoms with Gasteiger partial charge >= 0.3 is 0 Å². The van der Waals surface area contributed by atoms with Crippen LogP contribution in [0.5, 0.6) is 0 Å². The molecule has 0 aliphatic heterocycles. The third-order valence-electron chi connectivity index (χ3n) is 4.89. The third kappa shape index (κ3) is 2.22. The van der Waals surface area contributed by atoms with Crippen LogP contribution in [0.4, 0.5) is 0 Å². The highest BCUT2D eigenvalue weighted by Gasteiger charge is 2.57. The van der Waals surface area contributed by atoms with Crippen LogP contribution in [-0.2, 0) is 0 Å². The van der Waals surface area contributed by atoms with E-state index in [4.69, 9.17) is 0 Å². The fraction of sp³-hybridized carbons (Fsp3) is 1.00. The first-order chi connectivity index (χ1) is 7.04. The normalized spacial score (nSPS) is 45.0. The van der Waals surface area contributed by atoms with Crippen LogP contribution < -0.4 is 5.32 Å². The van der Waals surface area contributed by atoms with E-state index < -0.39 is 0 Å². The van der Waals surface area contributed by atoms with Crippen LogP contribution in [0.2, 0.25) is 0 Å². The smallest absolute Gasteiger partial charge is 0.00104 e. The van der Waals surface area contributed by atoms with E-state index in [1.54, 1.807) is 0 Å². The average molecular weight is 209 g/mol. The summed E-state index contributed by atoms with van der Waals surface area (Å²) in [4.78, 5) is 0. The van der Waals surface area contributed by atoms with Crippen molar-refractivity contribution in [1.29, 1.82) is 0 Å². The lowest BCUT2D eigenvalue weighted by molar-refractivity contribution is 0.165. The summed E-state index contributed by atoms with van der Waals surface area (Å²) in [6, 6.07) is 0.653. The lowest BCUT2D eigenvalue weighted by atomic mass is 9.72. The maximum absolute atomic E-state index is 3.61. The molecule has 88 valence electrons. The van der Waals surface area contributed by atoms with Gasteiger partial charge in [-0.1, -0.05) is 34.1 Å². The van der Waals surface area contributed by atoms with E-state index in [-0.39, 0.29) is 0 Å². The highest BCUT2D eigenvalue weighted by Crippen LogP contribution is 2.64. The Morgan fingerprint density at radius 3 is 2.67 bits per heavy atom. The van der Waals surface area contributed by atoms with E-state index in [1.807, 2.05) is 0 Å². The van der Waals surface area contributed by atoms with Gasteiger partial charge in [-0.25, -0.2) is 0 Å². The lowest BCUT2D eigenvalue weighted by Gasteiger charge is -2.34. The molecule has 0 amide bonds. The second kappa shape index (κ2) is 4.08. The lowest BCUT2D eigenvalue weighted by Crippen LogP contribution is -2.30. The Morgan fingerprint density at radius 2 is 2.07 bits per heavy atom. The second-order valence-corrected chi connectivity index (χ2v) is 6.48. The standard InChI is InChI=1S/C14H27N/c1-10(2)15-9-13-8-14(13)6-5-11(3)7-12(14)4/h10-13,15H,5-9H2,1-4H3. The van der Waals surface area contributed by atoms with Crippen LogP contribution in [0.1, 0.15) is 53.4 Å². The Hall–Kier alpha value is -0.0400. The molecular weight excluding hydrogens is 182 g/mol. The van der Waals surface area contributed by atoms with E-state index in [0.29, 0.717) is 6.04 Å². The molecule has 1 heteroatoms. The van der Waals surface area contributed by atoms with E-state index in [0.717, 1.165) is 23.2 Å². The van der Waals surface area contributed by atoms with Gasteiger partial charge in [-0.15, -0.1) is 0 Å². The maximum atomic E-state index is 3.61. The van der Waals surface area contributed by atoms with E-state index in [2.05, 4.69) is 33.0 Å². The van der Waals surface area contributed by atoms with Crippen LogP contribution in [-0.4, -0.2) is 12.6 Å². The number of hydrogen-bond donors (Lipinski definition) is 1. The number of hydrogen-bond acceptors (Lipinski definition) is 1. The molecule has 2 aliphatic rings. The molecule has 0 saturated heterocycles. The van der Waals surface area contributed by atoms with Crippen molar-refractivity contribution < 1.29 is 0 Å². The predicted octanol–water partition coefficient (Wildman–Crippen LogP) is 3.45. The molecule has 0 radical (unpaired) electrons. The molecule has 0 bridgehead atoms. The van der Waals surface area contributed by atoms with Crippen LogP contribution in [0.3, 0.4) is 0 Å². The molecule has 2 saturated carbocycles. The van der Waals surface area contributed by atoms with Gasteiger partial charge in [0.05, 0.1) is 0 Å². The summed E-state index contributed by atoms with van der Waals surface area (Å²) in [6.07, 6.45) is 5.95. The molecule has 1 spiro atoms. The fourth-order valence-electron chi connectivity index (χ4n) is 3.68. The third-order valence-corrected chi connectivity index (χ3v) is 4.89. The van der Waals surface area contributed by atoms with Gasteiger partial charge in [0.25, 0.3) is 0 Å². The minimum Gasteiger partial charge on any atom is -0.314 e. The van der Waals surface area contributed by atoms with Crippen molar-refractivity contribution in [3.05, 3.63) is 0 Å². The summed E-state index contributed by atoms with van der Waals surface area (Å²) in [5, 5.41) is 3.61. The van der Waals surface area contributed by atoms with Crippen molar-refractivity contribution in [2.75, 3.05) is 6.54 Å². The maximum Gasteiger partial charge on any atom is 0.00104 e. The van der Waals surface area contributed by atoms with Crippen LogP contribution in [0.15, 0.2) is 0 Å². The van der Waals surface area contributed by atoms with E-state index in [1.165, 1.54) is 32.2 Å². The summed E-state index contributed by atoms with van der Waals surface area (Å²) in [5.74, 6) is 2.94. The van der Waals surface area contributed by atoms with Crippen molar-refractivity contribution >= 4 is 0 Å². The van der Waals surface area contributed by atoms with Crippen molar-refractivity contribution in [3.8, 4) is 0 Å². The zero-order valence-electron chi connectivity index (χ0n) is 10.8. The molecule has 4 atom stereocenters. The summed E-state index contributed by atoms with van der Waals surface area (Å²) in [6.45, 7) is 10.7. The molecular formula is C14H27N. The molecule has 2 aliphatic carbocycles. The minimum absolute atomic E-state index is 0.653. The van der Waals surface area contributed by atoms with Crippen molar-refractivity contribution in [2.24, 2.45) is 23.2 Å². The molecule has 0 aromatic carbocycles. The van der Waals surface area contributed by atoms with Crippen LogP contribution in [0, 0.1) is 23.2 Å². The Morgan fingerprint density at radius 1 is 1.33 bits per heavy atom. The second-order valence-electron chi connectivity index (χ2n) is 6.48. The minimum atomic E-state index is 0.653. The van der Waals surface area contributed by atoms with Gasteiger partial charge in [-0.3, -0.25) is 0 Å². The summed E-state index contributed by atoms with van der Waals surface area (Å²) in [7, 11) is 0. The molecule has 0 heterocycles. The van der Waals surface area contributed by atoms with Crippen molar-refractivity contribution in [3.63, 3.8) is 0 Å². The van der Waals surface area contributed by atoms with Crippen molar-refractivity contribution in [1.82, 2.24) is 5.32 Å². The average Bonchev–Trinajstić information content (AvgIpc) is 2.85. The number of nitrogens with one attached hydrogen (secondary N) is 1. The van der Waals surface area contributed by atoms with E-state index in [9.17, 15) is 0 Å². The molecule has 1 nitrogen and oxygen atoms in total. The van der Waals surface area contributed by atoms with Gasteiger partial charge in [0.2, 0.25) is 0 Å². The predicted molar refractivity (Wildman–Crippen MR) is 65.9 cm³/mol. The summed E-state index contributed by atoms with van der Waals surface area (Å²) < 4.78 is 0. The first-order valence-electron chi connectivity index (χ1n) is 6.78. The zero-order chi connectivity index (χ0) is 11.1. The highest BCUT2D eigenvalue weighted by molar-refractivity contribution is 5.07. The molecule has 0 aromatic heterocycles. The Kier molecular flexibility index (Phi) is 3.12. The van der Waals surface area contributed by atoms with Crippen LogP contribution in [0.25, 0.3) is 0 Å². The largest absolute Gasteiger partial charge is 0.314 e. The van der Waals surface area contributed by atoms with Gasteiger partial charge in [-0.05, 0) is 49.0 Å². The molecule has 0 aromatic rings. The summed E-state index contributed by atoms with van der Waals surface area (Å²) in [5.41, 5.74) is 0.758.